The van der Waals surface area contributed by atoms with Gasteiger partial charge in [0.05, 0.1) is 13.2 Å². The Bertz CT molecular complexity index is 1050. The Hall–Kier alpha value is -2.81. The number of piperidine rings is 1. The lowest BCUT2D eigenvalue weighted by molar-refractivity contribution is -0.134. The van der Waals surface area contributed by atoms with Crippen LogP contribution in [0, 0.1) is 0 Å². The summed E-state index contributed by atoms with van der Waals surface area (Å²) in [7, 11) is 1.61. The van der Waals surface area contributed by atoms with E-state index in [1.807, 2.05) is 43.9 Å². The molecule has 4 rings (SSSR count). The van der Waals surface area contributed by atoms with Gasteiger partial charge in [-0.05, 0) is 39.7 Å². The summed E-state index contributed by atoms with van der Waals surface area (Å²) < 4.78 is 20.2. The maximum Gasteiger partial charge on any atom is 0.345 e. The second-order valence-corrected chi connectivity index (χ2v) is 9.33. The molecular formula is C24H34N4O5. The summed E-state index contributed by atoms with van der Waals surface area (Å²) in [6.45, 7) is 8.72. The molecule has 0 spiro atoms. The van der Waals surface area contributed by atoms with Crippen molar-refractivity contribution in [3.63, 3.8) is 0 Å². The summed E-state index contributed by atoms with van der Waals surface area (Å²) in [4.78, 5) is 27.2. The molecule has 0 saturated carbocycles. The molecule has 0 N–H and O–H groups in total. The Balaban J connectivity index is 1.34. The van der Waals surface area contributed by atoms with Gasteiger partial charge in [-0.2, -0.15) is 5.10 Å². The van der Waals surface area contributed by atoms with E-state index in [0.29, 0.717) is 38.5 Å². The standard InChI is InChI=1S/C24H34N4O5/c1-5-27-22(25-28(23(27)30)13-14-31-4)17-9-11-26(12-10-17)20(29)16-32-19-8-6-7-18-15-24(2,3)33-21(18)19/h6-8,17H,5,9-16H2,1-4H3. The average Bonchev–Trinajstić information content (AvgIpc) is 3.30. The third kappa shape index (κ3) is 4.93. The molecule has 0 bridgehead atoms. The maximum absolute atomic E-state index is 12.8. The SMILES string of the molecule is CCn1c(C2CCN(C(=O)COc3cccc4c3OC(C)(C)C4)CC2)nn(CCOC)c1=O. The van der Waals surface area contributed by atoms with E-state index in [9.17, 15) is 9.59 Å². The van der Waals surface area contributed by atoms with Crippen molar-refractivity contribution < 1.29 is 19.0 Å². The van der Waals surface area contributed by atoms with Crippen LogP contribution < -0.4 is 15.2 Å². The number of hydrogen-bond donors (Lipinski definition) is 0. The fourth-order valence-corrected chi connectivity index (χ4v) is 4.70. The Morgan fingerprint density at radius 2 is 2.03 bits per heavy atom. The van der Waals surface area contributed by atoms with Gasteiger partial charge in [0.15, 0.2) is 18.1 Å². The van der Waals surface area contributed by atoms with Crippen LogP contribution in [0.15, 0.2) is 23.0 Å². The monoisotopic (exact) mass is 458 g/mol. The van der Waals surface area contributed by atoms with Crippen LogP contribution in [-0.2, 0) is 29.0 Å². The average molecular weight is 459 g/mol. The molecule has 180 valence electrons. The highest BCUT2D eigenvalue weighted by atomic mass is 16.5. The fourth-order valence-electron chi connectivity index (χ4n) is 4.70. The molecular weight excluding hydrogens is 424 g/mol. The normalized spacial score (nSPS) is 17.6. The summed E-state index contributed by atoms with van der Waals surface area (Å²) in [6.07, 6.45) is 2.36. The third-order valence-corrected chi connectivity index (χ3v) is 6.39. The predicted molar refractivity (Wildman–Crippen MR) is 123 cm³/mol. The lowest BCUT2D eigenvalue weighted by atomic mass is 9.96. The lowest BCUT2D eigenvalue weighted by Gasteiger charge is -2.31. The van der Waals surface area contributed by atoms with Gasteiger partial charge < -0.3 is 19.1 Å². The van der Waals surface area contributed by atoms with Gasteiger partial charge >= 0.3 is 5.69 Å². The van der Waals surface area contributed by atoms with E-state index in [1.165, 1.54) is 4.68 Å². The van der Waals surface area contributed by atoms with Crippen molar-refractivity contribution in [1.82, 2.24) is 19.2 Å². The van der Waals surface area contributed by atoms with E-state index in [4.69, 9.17) is 14.2 Å². The van der Waals surface area contributed by atoms with Crippen molar-refractivity contribution in [3.8, 4) is 11.5 Å². The summed E-state index contributed by atoms with van der Waals surface area (Å²) in [5, 5.41) is 4.58. The van der Waals surface area contributed by atoms with Crippen LogP contribution in [0.1, 0.15) is 50.9 Å². The number of nitrogens with zero attached hydrogens (tertiary/aromatic N) is 4. The minimum absolute atomic E-state index is 0.0176. The minimum Gasteiger partial charge on any atom is -0.483 e. The van der Waals surface area contributed by atoms with Gasteiger partial charge in [0.1, 0.15) is 11.4 Å². The van der Waals surface area contributed by atoms with Crippen LogP contribution in [0.2, 0.25) is 0 Å². The molecule has 0 unspecified atom stereocenters. The minimum atomic E-state index is -0.260. The highest BCUT2D eigenvalue weighted by molar-refractivity contribution is 5.78. The van der Waals surface area contributed by atoms with Crippen LogP contribution in [0.25, 0.3) is 0 Å². The molecule has 3 heterocycles. The van der Waals surface area contributed by atoms with Crippen LogP contribution in [-0.4, -0.2) is 64.2 Å². The molecule has 1 aromatic carbocycles. The van der Waals surface area contributed by atoms with Crippen molar-refractivity contribution in [3.05, 3.63) is 40.1 Å². The number of carbonyl (C=O) groups excluding carboxylic acids is 1. The predicted octanol–water partition coefficient (Wildman–Crippen LogP) is 2.21. The number of aromatic nitrogens is 3. The van der Waals surface area contributed by atoms with Crippen LogP contribution in [0.4, 0.5) is 0 Å². The number of methoxy groups -OCH3 is 1. The molecule has 0 atom stereocenters. The number of hydrogen-bond acceptors (Lipinski definition) is 6. The fraction of sp³-hybridized carbons (Fsp3) is 0.625. The smallest absolute Gasteiger partial charge is 0.345 e. The Morgan fingerprint density at radius 1 is 1.27 bits per heavy atom. The Morgan fingerprint density at radius 3 is 2.73 bits per heavy atom. The third-order valence-electron chi connectivity index (χ3n) is 6.39. The molecule has 33 heavy (non-hydrogen) atoms. The highest BCUT2D eigenvalue weighted by Gasteiger charge is 2.33. The van der Waals surface area contributed by atoms with Gasteiger partial charge in [0.25, 0.3) is 5.91 Å². The van der Waals surface area contributed by atoms with E-state index in [1.54, 1.807) is 11.7 Å². The molecule has 1 amide bonds. The molecule has 1 saturated heterocycles. The summed E-state index contributed by atoms with van der Waals surface area (Å²) in [5.41, 5.74) is 0.749. The van der Waals surface area contributed by atoms with Gasteiger partial charge in [0.2, 0.25) is 0 Å². The second kappa shape index (κ2) is 9.59. The summed E-state index contributed by atoms with van der Waals surface area (Å²) in [6, 6.07) is 5.83. The number of benzene rings is 1. The van der Waals surface area contributed by atoms with Crippen LogP contribution >= 0.6 is 0 Å². The van der Waals surface area contributed by atoms with Crippen molar-refractivity contribution in [2.45, 2.75) is 64.6 Å². The number of carbonyl (C=O) groups is 1. The zero-order valence-electron chi connectivity index (χ0n) is 20.0. The molecule has 9 heteroatoms. The molecule has 2 aliphatic rings. The first-order valence-electron chi connectivity index (χ1n) is 11.7. The number of likely N-dealkylation sites (tertiary alicyclic amines) is 1. The van der Waals surface area contributed by atoms with Crippen molar-refractivity contribution in [2.75, 3.05) is 33.4 Å². The summed E-state index contributed by atoms with van der Waals surface area (Å²) >= 11 is 0. The van der Waals surface area contributed by atoms with E-state index >= 15 is 0 Å². The van der Waals surface area contributed by atoms with Gasteiger partial charge in [-0.3, -0.25) is 9.36 Å². The first kappa shape index (κ1) is 23.4. The highest BCUT2D eigenvalue weighted by Crippen LogP contribution is 2.41. The molecule has 9 nitrogen and oxygen atoms in total. The number of para-hydroxylation sites is 1. The maximum atomic E-state index is 12.8. The topological polar surface area (TPSA) is 87.8 Å². The Kier molecular flexibility index (Phi) is 6.78. The molecule has 2 aliphatic heterocycles. The number of rotatable bonds is 8. The van der Waals surface area contributed by atoms with E-state index in [0.717, 1.165) is 36.4 Å². The number of fused-ring (bicyclic) bond motifs is 1. The first-order valence-corrected chi connectivity index (χ1v) is 11.7. The molecule has 1 fully saturated rings. The van der Waals surface area contributed by atoms with Crippen LogP contribution in [0.5, 0.6) is 11.5 Å². The molecule has 0 aliphatic carbocycles. The van der Waals surface area contributed by atoms with Gasteiger partial charge in [-0.15, -0.1) is 0 Å². The first-order chi connectivity index (χ1) is 15.8. The summed E-state index contributed by atoms with van der Waals surface area (Å²) in [5.74, 6) is 2.29. The van der Waals surface area contributed by atoms with Crippen molar-refractivity contribution in [2.24, 2.45) is 0 Å². The van der Waals surface area contributed by atoms with Crippen molar-refractivity contribution in [1.29, 1.82) is 0 Å². The number of ether oxygens (including phenoxy) is 3. The molecule has 0 radical (unpaired) electrons. The van der Waals surface area contributed by atoms with Crippen LogP contribution in [0.3, 0.4) is 0 Å². The largest absolute Gasteiger partial charge is 0.483 e. The van der Waals surface area contributed by atoms with Gasteiger partial charge in [0, 0.05) is 44.6 Å². The van der Waals surface area contributed by atoms with E-state index < -0.39 is 0 Å². The zero-order valence-corrected chi connectivity index (χ0v) is 20.0. The second-order valence-electron chi connectivity index (χ2n) is 9.33. The zero-order chi connectivity index (χ0) is 23.6. The number of amides is 1. The van der Waals surface area contributed by atoms with Crippen molar-refractivity contribution >= 4 is 5.91 Å². The van der Waals surface area contributed by atoms with E-state index in [2.05, 4.69) is 5.10 Å². The van der Waals surface area contributed by atoms with Gasteiger partial charge in [-0.1, -0.05) is 12.1 Å². The molecule has 2 aromatic rings. The quantitative estimate of drug-likeness (QED) is 0.603. The van der Waals surface area contributed by atoms with E-state index in [-0.39, 0.29) is 29.7 Å². The van der Waals surface area contributed by atoms with Gasteiger partial charge in [-0.25, -0.2) is 9.48 Å². The Labute approximate surface area is 194 Å². The lowest BCUT2D eigenvalue weighted by Crippen LogP contribution is -2.41. The molecule has 1 aromatic heterocycles.